The molecule has 0 bridgehead atoms. The number of nitrogens with one attached hydrogen (secondary N) is 1. The van der Waals surface area contributed by atoms with Gasteiger partial charge in [0.05, 0.1) is 5.60 Å². The second-order valence-corrected chi connectivity index (χ2v) is 4.55. The number of likely N-dealkylation sites (tertiary alicyclic amines) is 1. The fourth-order valence-electron chi connectivity index (χ4n) is 1.76. The van der Waals surface area contributed by atoms with Crippen molar-refractivity contribution < 1.29 is 9.53 Å². The Bertz CT molecular complexity index is 211. The zero-order valence-electron chi connectivity index (χ0n) is 10.0. The lowest BCUT2D eigenvalue weighted by Crippen LogP contribution is -2.45. The van der Waals surface area contributed by atoms with E-state index in [0.717, 1.165) is 25.9 Å². The van der Waals surface area contributed by atoms with Crippen molar-refractivity contribution in [2.24, 2.45) is 0 Å². The highest BCUT2D eigenvalue weighted by atomic mass is 16.5. The number of ether oxygens (including phenoxy) is 1. The Morgan fingerprint density at radius 3 is 2.53 bits per heavy atom. The van der Waals surface area contributed by atoms with Crippen LogP contribution in [0.3, 0.4) is 0 Å². The summed E-state index contributed by atoms with van der Waals surface area (Å²) in [7, 11) is 0. The topological polar surface area (TPSA) is 41.6 Å². The molecule has 0 saturated carbocycles. The molecule has 0 atom stereocenters. The molecular weight excluding hydrogens is 192 g/mol. The maximum Gasteiger partial charge on any atom is 0.317 e. The Hall–Kier alpha value is -0.770. The van der Waals surface area contributed by atoms with Crippen LogP contribution in [0.5, 0.6) is 0 Å². The highest BCUT2D eigenvalue weighted by Gasteiger charge is 2.22. The molecule has 0 spiro atoms. The van der Waals surface area contributed by atoms with Gasteiger partial charge >= 0.3 is 6.03 Å². The summed E-state index contributed by atoms with van der Waals surface area (Å²) in [5, 5.41) is 2.91. The first-order valence-electron chi connectivity index (χ1n) is 5.72. The molecule has 4 nitrogen and oxygen atoms in total. The van der Waals surface area contributed by atoms with Crippen molar-refractivity contribution >= 4 is 6.03 Å². The van der Waals surface area contributed by atoms with Crippen molar-refractivity contribution in [3.63, 3.8) is 0 Å². The summed E-state index contributed by atoms with van der Waals surface area (Å²) in [6.07, 6.45) is 2.25. The van der Waals surface area contributed by atoms with Gasteiger partial charge in [0.15, 0.2) is 0 Å². The molecule has 1 heterocycles. The number of carbonyl (C=O) groups is 1. The van der Waals surface area contributed by atoms with Gasteiger partial charge in [0, 0.05) is 26.2 Å². The molecule has 1 aliphatic heterocycles. The zero-order valence-corrected chi connectivity index (χ0v) is 10.0. The molecule has 0 unspecified atom stereocenters. The predicted octanol–water partition coefficient (Wildman–Crippen LogP) is 1.61. The van der Waals surface area contributed by atoms with Crippen LogP contribution in [0.1, 0.15) is 33.6 Å². The highest BCUT2D eigenvalue weighted by Crippen LogP contribution is 2.09. The number of carbonyl (C=O) groups excluding carboxylic acids is 1. The summed E-state index contributed by atoms with van der Waals surface area (Å²) < 4.78 is 5.51. The third-order valence-corrected chi connectivity index (χ3v) is 2.59. The van der Waals surface area contributed by atoms with Crippen molar-refractivity contribution in [3.8, 4) is 0 Å². The van der Waals surface area contributed by atoms with E-state index >= 15 is 0 Å². The maximum atomic E-state index is 11.7. The molecule has 1 fully saturated rings. The van der Waals surface area contributed by atoms with E-state index in [1.807, 2.05) is 25.7 Å². The lowest BCUT2D eigenvalue weighted by molar-refractivity contribution is -0.00750. The molecule has 88 valence electrons. The van der Waals surface area contributed by atoms with Gasteiger partial charge in [-0.3, -0.25) is 0 Å². The average molecular weight is 214 g/mol. The quantitative estimate of drug-likeness (QED) is 0.772. The van der Waals surface area contributed by atoms with Gasteiger partial charge < -0.3 is 15.0 Å². The smallest absolute Gasteiger partial charge is 0.317 e. The Balaban J connectivity index is 2.26. The molecule has 1 N–H and O–H groups in total. The average Bonchev–Trinajstić information content (AvgIpc) is 2.67. The van der Waals surface area contributed by atoms with Gasteiger partial charge in [0.2, 0.25) is 0 Å². The second-order valence-electron chi connectivity index (χ2n) is 4.55. The number of hydrogen-bond acceptors (Lipinski definition) is 2. The van der Waals surface area contributed by atoms with Gasteiger partial charge in [-0.1, -0.05) is 0 Å². The third-order valence-electron chi connectivity index (χ3n) is 2.59. The van der Waals surface area contributed by atoms with Crippen LogP contribution in [0, 0.1) is 0 Å². The van der Waals surface area contributed by atoms with E-state index in [1.165, 1.54) is 0 Å². The number of rotatable bonds is 4. The Kier molecular flexibility index (Phi) is 4.39. The van der Waals surface area contributed by atoms with Gasteiger partial charge in [-0.15, -0.1) is 0 Å². The fraction of sp³-hybridized carbons (Fsp3) is 0.909. The molecule has 1 aliphatic rings. The van der Waals surface area contributed by atoms with E-state index in [9.17, 15) is 4.79 Å². The first-order valence-corrected chi connectivity index (χ1v) is 5.72. The Morgan fingerprint density at radius 2 is 2.00 bits per heavy atom. The summed E-state index contributed by atoms with van der Waals surface area (Å²) in [6.45, 7) is 8.95. The Morgan fingerprint density at radius 1 is 1.40 bits per heavy atom. The van der Waals surface area contributed by atoms with Crippen LogP contribution in [0.4, 0.5) is 4.79 Å². The van der Waals surface area contributed by atoms with Crippen LogP contribution in [-0.4, -0.2) is 42.8 Å². The minimum absolute atomic E-state index is 0.0419. The van der Waals surface area contributed by atoms with Crippen molar-refractivity contribution in [2.75, 3.05) is 26.2 Å². The predicted molar refractivity (Wildman–Crippen MR) is 59.9 cm³/mol. The van der Waals surface area contributed by atoms with Crippen molar-refractivity contribution in [1.29, 1.82) is 0 Å². The molecule has 0 aromatic heterocycles. The van der Waals surface area contributed by atoms with E-state index in [1.54, 1.807) is 0 Å². The molecule has 0 aliphatic carbocycles. The van der Waals surface area contributed by atoms with Crippen molar-refractivity contribution in [3.05, 3.63) is 0 Å². The summed E-state index contributed by atoms with van der Waals surface area (Å²) >= 11 is 0. The SMILES string of the molecule is CCOC(C)(C)CNC(=O)N1CCCC1. The summed E-state index contributed by atoms with van der Waals surface area (Å²) in [4.78, 5) is 13.5. The first-order chi connectivity index (χ1) is 7.05. The number of urea groups is 1. The lowest BCUT2D eigenvalue weighted by Gasteiger charge is -2.26. The van der Waals surface area contributed by atoms with Crippen LogP contribution in [0.2, 0.25) is 0 Å². The van der Waals surface area contributed by atoms with Gasteiger partial charge in [0.1, 0.15) is 0 Å². The monoisotopic (exact) mass is 214 g/mol. The normalized spacial score (nSPS) is 16.9. The molecular formula is C11H22N2O2. The minimum Gasteiger partial charge on any atom is -0.374 e. The Labute approximate surface area is 92.0 Å². The van der Waals surface area contributed by atoms with E-state index in [-0.39, 0.29) is 11.6 Å². The molecule has 2 amide bonds. The third kappa shape index (κ3) is 4.08. The molecule has 4 heteroatoms. The molecule has 0 radical (unpaired) electrons. The molecule has 1 saturated heterocycles. The van der Waals surface area contributed by atoms with Gasteiger partial charge in [0.25, 0.3) is 0 Å². The molecule has 1 rings (SSSR count). The maximum absolute atomic E-state index is 11.7. The largest absolute Gasteiger partial charge is 0.374 e. The van der Waals surface area contributed by atoms with Crippen LogP contribution in [0.25, 0.3) is 0 Å². The zero-order chi connectivity index (χ0) is 11.3. The summed E-state index contributed by atoms with van der Waals surface area (Å²) in [5.41, 5.74) is -0.274. The second kappa shape index (κ2) is 5.35. The summed E-state index contributed by atoms with van der Waals surface area (Å²) in [6, 6.07) is 0.0419. The van der Waals surface area contributed by atoms with E-state index in [4.69, 9.17) is 4.74 Å². The van der Waals surface area contributed by atoms with Crippen LogP contribution in [-0.2, 0) is 4.74 Å². The van der Waals surface area contributed by atoms with Gasteiger partial charge in [-0.05, 0) is 33.6 Å². The number of hydrogen-bond donors (Lipinski definition) is 1. The van der Waals surface area contributed by atoms with E-state index < -0.39 is 0 Å². The lowest BCUT2D eigenvalue weighted by atomic mass is 10.1. The highest BCUT2D eigenvalue weighted by molar-refractivity contribution is 5.74. The molecule has 0 aromatic carbocycles. The van der Waals surface area contributed by atoms with Crippen LogP contribution >= 0.6 is 0 Å². The van der Waals surface area contributed by atoms with Crippen molar-refractivity contribution in [1.82, 2.24) is 10.2 Å². The number of amides is 2. The van der Waals surface area contributed by atoms with Crippen LogP contribution < -0.4 is 5.32 Å². The summed E-state index contributed by atoms with van der Waals surface area (Å²) in [5.74, 6) is 0. The number of nitrogens with zero attached hydrogens (tertiary/aromatic N) is 1. The van der Waals surface area contributed by atoms with Crippen LogP contribution in [0.15, 0.2) is 0 Å². The standard InChI is InChI=1S/C11H22N2O2/c1-4-15-11(2,3)9-12-10(14)13-7-5-6-8-13/h4-9H2,1-3H3,(H,12,14). The van der Waals surface area contributed by atoms with E-state index in [2.05, 4.69) is 5.32 Å². The van der Waals surface area contributed by atoms with Gasteiger partial charge in [-0.25, -0.2) is 4.79 Å². The molecule has 15 heavy (non-hydrogen) atoms. The first kappa shape index (κ1) is 12.3. The van der Waals surface area contributed by atoms with Gasteiger partial charge in [-0.2, -0.15) is 0 Å². The minimum atomic E-state index is -0.274. The van der Waals surface area contributed by atoms with Crippen molar-refractivity contribution in [2.45, 2.75) is 39.2 Å². The molecule has 0 aromatic rings. The fourth-order valence-corrected chi connectivity index (χ4v) is 1.76. The van der Waals surface area contributed by atoms with E-state index in [0.29, 0.717) is 13.2 Å².